The molecule has 1 aliphatic carbocycles. The van der Waals surface area contributed by atoms with Gasteiger partial charge in [0, 0.05) is 5.56 Å². The van der Waals surface area contributed by atoms with E-state index in [-0.39, 0.29) is 16.7 Å². The first kappa shape index (κ1) is 20.3. The number of fused-ring (bicyclic) bond motifs is 3. The van der Waals surface area contributed by atoms with Crippen LogP contribution in [-0.4, -0.2) is 6.36 Å². The van der Waals surface area contributed by atoms with Crippen LogP contribution in [0, 0.1) is 11.6 Å². The number of hydrogen-bond donors (Lipinski definition) is 0. The summed E-state index contributed by atoms with van der Waals surface area (Å²) in [5, 5.41) is 0. The zero-order valence-corrected chi connectivity index (χ0v) is 15.8. The summed E-state index contributed by atoms with van der Waals surface area (Å²) in [4.78, 5) is 0. The first-order chi connectivity index (χ1) is 14.2. The summed E-state index contributed by atoms with van der Waals surface area (Å²) in [6.07, 6.45) is -5.46. The summed E-state index contributed by atoms with van der Waals surface area (Å²) in [6, 6.07) is 11.0. The van der Waals surface area contributed by atoms with Crippen molar-refractivity contribution < 1.29 is 31.1 Å². The largest absolute Gasteiger partial charge is 0.573 e. The maximum absolute atomic E-state index is 15.2. The lowest BCUT2D eigenvalue weighted by atomic mass is 9.98. The Hall–Kier alpha value is -2.96. The topological polar surface area (TPSA) is 9.23 Å². The van der Waals surface area contributed by atoms with Gasteiger partial charge in [-0.1, -0.05) is 43.7 Å². The van der Waals surface area contributed by atoms with Crippen molar-refractivity contribution in [3.8, 4) is 28.0 Å². The first-order valence-corrected chi connectivity index (χ1v) is 9.35. The van der Waals surface area contributed by atoms with Crippen molar-refractivity contribution >= 4 is 0 Å². The smallest absolute Gasteiger partial charge is 0.403 e. The highest BCUT2D eigenvalue weighted by Crippen LogP contribution is 2.48. The molecule has 0 radical (unpaired) electrons. The molecule has 0 fully saturated rings. The van der Waals surface area contributed by atoms with Crippen molar-refractivity contribution in [2.24, 2.45) is 0 Å². The third kappa shape index (κ3) is 3.53. The zero-order valence-electron chi connectivity index (χ0n) is 15.8. The van der Waals surface area contributed by atoms with Crippen LogP contribution in [0.15, 0.2) is 48.5 Å². The number of alkyl halides is 4. The van der Waals surface area contributed by atoms with Crippen LogP contribution < -0.4 is 4.74 Å². The molecule has 30 heavy (non-hydrogen) atoms. The monoisotopic (exact) mass is 422 g/mol. The van der Waals surface area contributed by atoms with Gasteiger partial charge in [0.05, 0.1) is 0 Å². The predicted molar refractivity (Wildman–Crippen MR) is 101 cm³/mol. The molecule has 156 valence electrons. The Balaban J connectivity index is 1.71. The third-order valence-corrected chi connectivity index (χ3v) is 5.14. The van der Waals surface area contributed by atoms with Gasteiger partial charge in [-0.05, 0) is 58.0 Å². The van der Waals surface area contributed by atoms with E-state index in [9.17, 15) is 22.0 Å². The van der Waals surface area contributed by atoms with Gasteiger partial charge in [-0.3, -0.25) is 0 Å². The van der Waals surface area contributed by atoms with Gasteiger partial charge in [0.2, 0.25) is 0 Å². The highest BCUT2D eigenvalue weighted by atomic mass is 19.4. The lowest BCUT2D eigenvalue weighted by molar-refractivity contribution is -0.275. The Kier molecular flexibility index (Phi) is 5.00. The fraction of sp³-hybridized carbons (Fsp3) is 0.217. The van der Waals surface area contributed by atoms with E-state index < -0.39 is 29.9 Å². The Morgan fingerprint density at radius 1 is 0.900 bits per heavy atom. The average molecular weight is 422 g/mol. The minimum absolute atomic E-state index is 0.00629. The number of rotatable bonds is 4. The molecule has 0 spiro atoms. The van der Waals surface area contributed by atoms with E-state index >= 15 is 4.39 Å². The molecular weight excluding hydrogens is 406 g/mol. The van der Waals surface area contributed by atoms with E-state index in [1.165, 1.54) is 12.1 Å². The Labute approximate surface area is 168 Å². The van der Waals surface area contributed by atoms with Crippen LogP contribution >= 0.6 is 0 Å². The van der Waals surface area contributed by atoms with Crippen LogP contribution in [0.5, 0.6) is 5.75 Å². The molecule has 1 unspecified atom stereocenters. The number of benzene rings is 3. The Bertz CT molecular complexity index is 1120. The minimum atomic E-state index is -5.01. The van der Waals surface area contributed by atoms with E-state index in [0.717, 1.165) is 18.6 Å². The van der Waals surface area contributed by atoms with Crippen molar-refractivity contribution in [1.82, 2.24) is 0 Å². The molecule has 0 heterocycles. The maximum Gasteiger partial charge on any atom is 0.573 e. The first-order valence-electron chi connectivity index (χ1n) is 9.35. The van der Waals surface area contributed by atoms with Gasteiger partial charge < -0.3 is 4.74 Å². The number of halogens is 6. The quantitative estimate of drug-likeness (QED) is 0.395. The second-order valence-electron chi connectivity index (χ2n) is 7.11. The van der Waals surface area contributed by atoms with Gasteiger partial charge in [0.1, 0.15) is 5.82 Å². The maximum atomic E-state index is 15.2. The highest BCUT2D eigenvalue weighted by molar-refractivity contribution is 5.82. The Morgan fingerprint density at radius 3 is 2.23 bits per heavy atom. The zero-order chi connectivity index (χ0) is 21.6. The summed E-state index contributed by atoms with van der Waals surface area (Å²) < 4.78 is 84.6. The SMILES string of the molecule is CCCc1ccc2c(c1F)C(F)c1cc(-c3ccc(OC(F)(F)F)c(F)c3)ccc1-2. The van der Waals surface area contributed by atoms with E-state index in [2.05, 4.69) is 4.74 Å². The van der Waals surface area contributed by atoms with Gasteiger partial charge in [-0.25, -0.2) is 13.2 Å². The molecule has 4 rings (SSSR count). The van der Waals surface area contributed by atoms with Gasteiger partial charge in [-0.15, -0.1) is 13.2 Å². The van der Waals surface area contributed by atoms with Crippen LogP contribution in [0.2, 0.25) is 0 Å². The minimum Gasteiger partial charge on any atom is -0.403 e. The molecule has 3 aromatic carbocycles. The molecule has 0 saturated heterocycles. The predicted octanol–water partition coefficient (Wildman–Crippen LogP) is 7.52. The summed E-state index contributed by atoms with van der Waals surface area (Å²) in [5.74, 6) is -2.70. The highest BCUT2D eigenvalue weighted by Gasteiger charge is 2.34. The molecule has 1 aliphatic rings. The van der Waals surface area contributed by atoms with E-state index in [1.54, 1.807) is 24.3 Å². The molecular formula is C23H16F6O. The second-order valence-corrected chi connectivity index (χ2v) is 7.11. The summed E-state index contributed by atoms with van der Waals surface area (Å²) in [6.45, 7) is 1.91. The van der Waals surface area contributed by atoms with Gasteiger partial charge >= 0.3 is 6.36 Å². The second kappa shape index (κ2) is 7.38. The lowest BCUT2D eigenvalue weighted by Gasteiger charge is -2.11. The normalized spacial score (nSPS) is 15.1. The van der Waals surface area contributed by atoms with Crippen molar-refractivity contribution in [3.63, 3.8) is 0 Å². The fourth-order valence-electron chi connectivity index (χ4n) is 3.82. The van der Waals surface area contributed by atoms with E-state index in [0.29, 0.717) is 28.7 Å². The lowest BCUT2D eigenvalue weighted by Crippen LogP contribution is -2.17. The van der Waals surface area contributed by atoms with Gasteiger partial charge in [0.25, 0.3) is 0 Å². The summed E-state index contributed by atoms with van der Waals surface area (Å²) >= 11 is 0. The molecule has 0 saturated carbocycles. The summed E-state index contributed by atoms with van der Waals surface area (Å²) in [5.41, 5.74) is 2.35. The van der Waals surface area contributed by atoms with Crippen LogP contribution in [0.3, 0.4) is 0 Å². The molecule has 7 heteroatoms. The molecule has 0 bridgehead atoms. The summed E-state index contributed by atoms with van der Waals surface area (Å²) in [7, 11) is 0. The van der Waals surface area contributed by atoms with Gasteiger partial charge in [0.15, 0.2) is 17.7 Å². The van der Waals surface area contributed by atoms with Crippen molar-refractivity contribution in [2.45, 2.75) is 32.3 Å². The van der Waals surface area contributed by atoms with Crippen LogP contribution in [0.4, 0.5) is 26.3 Å². The molecule has 3 aromatic rings. The van der Waals surface area contributed by atoms with E-state index in [1.807, 2.05) is 6.92 Å². The molecule has 0 aromatic heterocycles. The molecule has 1 atom stereocenters. The van der Waals surface area contributed by atoms with Crippen molar-refractivity contribution in [3.05, 3.63) is 76.9 Å². The standard InChI is InChI=1S/C23H16F6O/c1-2-3-12-4-8-16-15-7-5-13(10-17(15)22(26)20(16)21(12)25)14-6-9-19(18(24)11-14)30-23(27,28)29/h4-11,22H,2-3H2,1H3. The van der Waals surface area contributed by atoms with E-state index in [4.69, 9.17) is 0 Å². The number of ether oxygens (including phenoxy) is 1. The Morgan fingerprint density at radius 2 is 1.57 bits per heavy atom. The van der Waals surface area contributed by atoms with Crippen molar-refractivity contribution in [2.75, 3.05) is 0 Å². The average Bonchev–Trinajstić information content (AvgIpc) is 2.97. The molecule has 1 nitrogen and oxygen atoms in total. The van der Waals surface area contributed by atoms with Gasteiger partial charge in [-0.2, -0.15) is 0 Å². The molecule has 0 aliphatic heterocycles. The van der Waals surface area contributed by atoms with Crippen LogP contribution in [0.1, 0.15) is 36.2 Å². The molecule has 0 N–H and O–H groups in total. The third-order valence-electron chi connectivity index (χ3n) is 5.14. The molecule has 0 amide bonds. The van der Waals surface area contributed by atoms with Crippen molar-refractivity contribution in [1.29, 1.82) is 0 Å². The number of aryl methyl sites for hydroxylation is 1. The van der Waals surface area contributed by atoms with Crippen LogP contribution in [0.25, 0.3) is 22.3 Å². The fourth-order valence-corrected chi connectivity index (χ4v) is 3.82. The van der Waals surface area contributed by atoms with Crippen LogP contribution in [-0.2, 0) is 6.42 Å². The number of hydrogen-bond acceptors (Lipinski definition) is 1.